The lowest BCUT2D eigenvalue weighted by Crippen LogP contribution is -2.43. The van der Waals surface area contributed by atoms with Crippen LogP contribution in [0.15, 0.2) is 157 Å². The molecule has 0 nitrogen and oxygen atoms in total. The van der Waals surface area contributed by atoms with Gasteiger partial charge in [-0.05, 0) is 113 Å². The third-order valence-corrected chi connectivity index (χ3v) is 17.3. The lowest BCUT2D eigenvalue weighted by atomic mass is 9.90. The fraction of sp³-hybridized carbons (Fsp3) is 0.185. The van der Waals surface area contributed by atoms with Crippen molar-refractivity contribution in [2.45, 2.75) is 63.7 Å². The highest BCUT2D eigenvalue weighted by Crippen LogP contribution is 2.56. The second-order valence-electron chi connectivity index (χ2n) is 16.6. The van der Waals surface area contributed by atoms with E-state index in [0.29, 0.717) is 11.1 Å². The molecule has 0 radical (unpaired) electrons. The number of hydrogen-bond acceptors (Lipinski definition) is 0. The first-order valence-corrected chi connectivity index (χ1v) is 23.6. The van der Waals surface area contributed by atoms with Crippen molar-refractivity contribution in [3.8, 4) is 22.3 Å². The Morgan fingerprint density at radius 1 is 0.400 bits per heavy atom. The molecule has 2 atom stereocenters. The SMILES string of the molecule is CCCC1=Cc2c(-c3cc4ccccc4c4ccccc34)cccc2C1[Si](C)(C)C1C(CCC)=Cc2c(-c3cc4ccccc4c4ccccc34)cccc21. The normalized spacial score (nSPS) is 16.5. The first-order chi connectivity index (χ1) is 27.0. The van der Waals surface area contributed by atoms with Gasteiger partial charge in [0, 0.05) is 11.1 Å². The summed E-state index contributed by atoms with van der Waals surface area (Å²) in [5, 5.41) is 10.6. The van der Waals surface area contributed by atoms with Crippen LogP contribution in [0.5, 0.6) is 0 Å². The van der Waals surface area contributed by atoms with Gasteiger partial charge in [0.05, 0.1) is 8.07 Å². The van der Waals surface area contributed by atoms with E-state index >= 15 is 0 Å². The predicted molar refractivity (Wildman–Crippen MR) is 243 cm³/mol. The average Bonchev–Trinajstić information content (AvgIpc) is 3.80. The Kier molecular flexibility index (Phi) is 8.26. The second kappa shape index (κ2) is 13.4. The van der Waals surface area contributed by atoms with Crippen molar-refractivity contribution in [3.63, 3.8) is 0 Å². The van der Waals surface area contributed by atoms with Crippen molar-refractivity contribution in [1.82, 2.24) is 0 Å². The van der Waals surface area contributed by atoms with Crippen LogP contribution < -0.4 is 0 Å². The molecule has 0 fully saturated rings. The summed E-state index contributed by atoms with van der Waals surface area (Å²) in [6.45, 7) is 10.2. The maximum Gasteiger partial charge on any atom is 0.0722 e. The Balaban J connectivity index is 1.15. The van der Waals surface area contributed by atoms with E-state index < -0.39 is 8.07 Å². The Labute approximate surface area is 326 Å². The third kappa shape index (κ3) is 5.31. The fourth-order valence-corrected chi connectivity index (χ4v) is 15.7. The molecule has 268 valence electrons. The van der Waals surface area contributed by atoms with Crippen molar-refractivity contribution in [2.75, 3.05) is 0 Å². The molecule has 8 aromatic rings. The zero-order chi connectivity index (χ0) is 37.3. The predicted octanol–water partition coefficient (Wildman–Crippen LogP) is 15.7. The minimum absolute atomic E-state index is 0.454. The molecule has 0 aromatic heterocycles. The molecule has 8 aromatic carbocycles. The Morgan fingerprint density at radius 3 is 1.20 bits per heavy atom. The van der Waals surface area contributed by atoms with Crippen molar-refractivity contribution in [3.05, 3.63) is 179 Å². The zero-order valence-corrected chi connectivity index (χ0v) is 33.5. The van der Waals surface area contributed by atoms with Crippen molar-refractivity contribution >= 4 is 63.3 Å². The molecule has 2 unspecified atom stereocenters. The molecule has 55 heavy (non-hydrogen) atoms. The maximum absolute atomic E-state index is 2.72. The molecule has 0 amide bonds. The number of rotatable bonds is 8. The van der Waals surface area contributed by atoms with Crippen LogP contribution in [0.25, 0.3) is 77.5 Å². The van der Waals surface area contributed by atoms with E-state index in [9.17, 15) is 0 Å². The van der Waals surface area contributed by atoms with Crippen LogP contribution in [-0.4, -0.2) is 8.07 Å². The lowest BCUT2D eigenvalue weighted by Gasteiger charge is -2.40. The van der Waals surface area contributed by atoms with E-state index in [4.69, 9.17) is 0 Å². The van der Waals surface area contributed by atoms with Crippen molar-refractivity contribution < 1.29 is 0 Å². The molecule has 2 aliphatic rings. The zero-order valence-electron chi connectivity index (χ0n) is 32.5. The van der Waals surface area contributed by atoms with Crippen LogP contribution in [0.2, 0.25) is 13.1 Å². The van der Waals surface area contributed by atoms with Crippen LogP contribution in [0.4, 0.5) is 0 Å². The monoisotopic (exact) mass is 724 g/mol. The van der Waals surface area contributed by atoms with Gasteiger partial charge in [-0.15, -0.1) is 0 Å². The van der Waals surface area contributed by atoms with Crippen molar-refractivity contribution in [1.29, 1.82) is 0 Å². The smallest absolute Gasteiger partial charge is 0.0679 e. The highest BCUT2D eigenvalue weighted by molar-refractivity contribution is 6.81. The first kappa shape index (κ1) is 34.0. The molecule has 10 rings (SSSR count). The topological polar surface area (TPSA) is 0 Å². The molecular weight excluding hydrogens is 677 g/mol. The fourth-order valence-electron chi connectivity index (χ4n) is 10.9. The Bertz CT molecular complexity index is 2690. The summed E-state index contributed by atoms with van der Waals surface area (Å²) in [6, 6.07) is 55.2. The summed E-state index contributed by atoms with van der Waals surface area (Å²) >= 11 is 0. The number of allylic oxidation sites excluding steroid dienone is 2. The van der Waals surface area contributed by atoms with Gasteiger partial charge in [-0.3, -0.25) is 0 Å². The standard InChI is InChI=1S/C54H48Si/c1-5-17-37-33-51-45(49-31-35-19-7-9-21-39(35)41-23-11-13-25-43(41)49)27-15-29-47(51)53(37)55(3,4)54-38(18-6-2)34-52-46(28-16-30-48(52)54)50-32-36-20-8-10-22-40(36)42-24-12-14-26-44(42)50/h7-16,19-34,53-54H,5-6,17-18H2,1-4H3. The summed E-state index contributed by atoms with van der Waals surface area (Å²) in [5.41, 5.74) is 15.7. The first-order valence-electron chi connectivity index (χ1n) is 20.5. The summed E-state index contributed by atoms with van der Waals surface area (Å²) in [5.74, 6) is 0. The van der Waals surface area contributed by atoms with Gasteiger partial charge >= 0.3 is 0 Å². The molecule has 0 saturated carbocycles. The van der Waals surface area contributed by atoms with Gasteiger partial charge in [0.2, 0.25) is 0 Å². The van der Waals surface area contributed by atoms with Gasteiger partial charge in [-0.2, -0.15) is 0 Å². The van der Waals surface area contributed by atoms with Gasteiger partial charge in [-0.1, -0.05) is 197 Å². The maximum atomic E-state index is 2.72. The minimum Gasteiger partial charge on any atom is -0.0679 e. The van der Waals surface area contributed by atoms with Crippen LogP contribution in [0.3, 0.4) is 0 Å². The number of hydrogen-bond donors (Lipinski definition) is 0. The molecule has 0 saturated heterocycles. The molecule has 0 N–H and O–H groups in total. The lowest BCUT2D eigenvalue weighted by molar-refractivity contribution is 0.822. The van der Waals surface area contributed by atoms with E-state index in [1.165, 1.54) is 76.5 Å². The van der Waals surface area contributed by atoms with E-state index in [1.807, 2.05) is 0 Å². The van der Waals surface area contributed by atoms with E-state index in [-0.39, 0.29) is 0 Å². The van der Waals surface area contributed by atoms with Crippen molar-refractivity contribution in [2.24, 2.45) is 0 Å². The van der Waals surface area contributed by atoms with E-state index in [1.54, 1.807) is 22.3 Å². The van der Waals surface area contributed by atoms with E-state index in [0.717, 1.165) is 25.7 Å². The quantitative estimate of drug-likeness (QED) is 0.108. The van der Waals surface area contributed by atoms with Gasteiger partial charge < -0.3 is 0 Å². The molecular formula is C54H48Si. The summed E-state index contributed by atoms with van der Waals surface area (Å²) in [4.78, 5) is 0. The van der Waals surface area contributed by atoms with Gasteiger partial charge in [-0.25, -0.2) is 0 Å². The molecule has 2 aliphatic carbocycles. The Morgan fingerprint density at radius 2 is 0.782 bits per heavy atom. The molecule has 0 bridgehead atoms. The van der Waals surface area contributed by atoms with Crippen LogP contribution >= 0.6 is 0 Å². The molecule has 0 heterocycles. The average molecular weight is 725 g/mol. The van der Waals surface area contributed by atoms with Gasteiger partial charge in [0.25, 0.3) is 0 Å². The van der Waals surface area contributed by atoms with E-state index in [2.05, 4.69) is 185 Å². The largest absolute Gasteiger partial charge is 0.0722 e. The third-order valence-electron chi connectivity index (χ3n) is 13.0. The highest BCUT2D eigenvalue weighted by Gasteiger charge is 2.48. The Hall–Kier alpha value is -5.50. The molecule has 0 spiro atoms. The molecule has 0 aliphatic heterocycles. The second-order valence-corrected chi connectivity index (χ2v) is 21.4. The minimum atomic E-state index is -2.12. The number of benzene rings is 8. The molecule has 1 heteroatoms. The summed E-state index contributed by atoms with van der Waals surface area (Å²) in [6.07, 6.45) is 9.87. The highest BCUT2D eigenvalue weighted by atomic mass is 28.3. The number of fused-ring (bicyclic) bond motifs is 8. The van der Waals surface area contributed by atoms with Crippen LogP contribution in [0.1, 0.15) is 72.9 Å². The van der Waals surface area contributed by atoms with Crippen LogP contribution in [-0.2, 0) is 0 Å². The van der Waals surface area contributed by atoms with Gasteiger partial charge in [0.1, 0.15) is 0 Å². The summed E-state index contributed by atoms with van der Waals surface area (Å²) in [7, 11) is -2.12. The van der Waals surface area contributed by atoms with Crippen LogP contribution in [0, 0.1) is 0 Å². The van der Waals surface area contributed by atoms with Gasteiger partial charge in [0.15, 0.2) is 0 Å². The summed E-state index contributed by atoms with van der Waals surface area (Å²) < 4.78 is 0.